The summed E-state index contributed by atoms with van der Waals surface area (Å²) in [6.45, 7) is 6.58. The Morgan fingerprint density at radius 3 is 2.48 bits per heavy atom. The average molecular weight is 304 g/mol. The molecule has 3 aromatic rings. The number of aromatic nitrogens is 3. The number of hydrogen-bond donors (Lipinski definition) is 1. The normalized spacial score (nSPS) is 10.5. The molecule has 0 saturated carbocycles. The van der Waals surface area contributed by atoms with Crippen LogP contribution in [-0.4, -0.2) is 14.8 Å². The molecular formula is C19H20N4. The number of para-hydroxylation sites is 1. The molecule has 0 fully saturated rings. The van der Waals surface area contributed by atoms with E-state index < -0.39 is 0 Å². The minimum Gasteiger partial charge on any atom is -0.323 e. The number of hydrogen-bond acceptors (Lipinski definition) is 3. The van der Waals surface area contributed by atoms with Crippen LogP contribution >= 0.6 is 0 Å². The highest BCUT2D eigenvalue weighted by Gasteiger charge is 2.09. The van der Waals surface area contributed by atoms with Crippen LogP contribution in [0.15, 0.2) is 61.2 Å². The molecule has 2 aromatic carbocycles. The lowest BCUT2D eigenvalue weighted by atomic mass is 10.1. The summed E-state index contributed by atoms with van der Waals surface area (Å²) in [5.74, 6) is 1.60. The van der Waals surface area contributed by atoms with Gasteiger partial charge in [0.2, 0.25) is 5.95 Å². The topological polar surface area (TPSA) is 42.7 Å². The first-order chi connectivity index (χ1) is 11.3. The third-order valence-electron chi connectivity index (χ3n) is 3.64. The molecule has 116 valence electrons. The second-order valence-electron chi connectivity index (χ2n) is 5.30. The molecule has 0 aliphatic heterocycles. The Labute approximate surface area is 136 Å². The molecule has 0 saturated heterocycles. The third-order valence-corrected chi connectivity index (χ3v) is 3.64. The van der Waals surface area contributed by atoms with Crippen LogP contribution in [0, 0.1) is 0 Å². The molecular weight excluding hydrogens is 284 g/mol. The van der Waals surface area contributed by atoms with Crippen molar-refractivity contribution in [2.24, 2.45) is 0 Å². The maximum Gasteiger partial charge on any atom is 0.246 e. The zero-order chi connectivity index (χ0) is 16.1. The van der Waals surface area contributed by atoms with Gasteiger partial charge in [-0.3, -0.25) is 0 Å². The monoisotopic (exact) mass is 304 g/mol. The lowest BCUT2D eigenvalue weighted by Crippen LogP contribution is -2.06. The van der Waals surface area contributed by atoms with Gasteiger partial charge in [0.15, 0.2) is 0 Å². The van der Waals surface area contributed by atoms with Crippen molar-refractivity contribution >= 4 is 17.7 Å². The summed E-state index contributed by atoms with van der Waals surface area (Å²) in [5.41, 5.74) is 3.30. The van der Waals surface area contributed by atoms with Crippen molar-refractivity contribution in [3.63, 3.8) is 0 Å². The van der Waals surface area contributed by atoms with E-state index in [1.54, 1.807) is 0 Å². The van der Waals surface area contributed by atoms with E-state index in [4.69, 9.17) is 0 Å². The molecule has 1 heterocycles. The minimum absolute atomic E-state index is 0.635. The molecule has 4 nitrogen and oxygen atoms in total. The Balaban J connectivity index is 1.79. The van der Waals surface area contributed by atoms with Crippen molar-refractivity contribution in [2.45, 2.75) is 19.9 Å². The summed E-state index contributed by atoms with van der Waals surface area (Å²) >= 11 is 0. The summed E-state index contributed by atoms with van der Waals surface area (Å²) in [5, 5.41) is 7.84. The molecule has 23 heavy (non-hydrogen) atoms. The van der Waals surface area contributed by atoms with Crippen LogP contribution < -0.4 is 5.32 Å². The minimum atomic E-state index is 0.635. The van der Waals surface area contributed by atoms with Gasteiger partial charge in [0.25, 0.3) is 0 Å². The molecule has 0 bridgehead atoms. The Bertz CT molecular complexity index is 773. The van der Waals surface area contributed by atoms with E-state index in [2.05, 4.69) is 53.2 Å². The van der Waals surface area contributed by atoms with Crippen LogP contribution in [0.4, 0.5) is 11.6 Å². The zero-order valence-corrected chi connectivity index (χ0v) is 13.2. The van der Waals surface area contributed by atoms with E-state index in [1.807, 2.05) is 41.1 Å². The lowest BCUT2D eigenvalue weighted by molar-refractivity contribution is 0.644. The SMILES string of the molecule is C=Cc1ccc(Cn2nc(Nc3ccccc3)nc2CC)cc1. The van der Waals surface area contributed by atoms with Crippen molar-refractivity contribution in [2.75, 3.05) is 5.32 Å². The van der Waals surface area contributed by atoms with Crippen LogP contribution in [0.3, 0.4) is 0 Å². The first-order valence-corrected chi connectivity index (χ1v) is 7.75. The molecule has 1 aromatic heterocycles. The van der Waals surface area contributed by atoms with Gasteiger partial charge in [-0.2, -0.15) is 4.98 Å². The van der Waals surface area contributed by atoms with Crippen LogP contribution in [0.25, 0.3) is 6.08 Å². The van der Waals surface area contributed by atoms with E-state index >= 15 is 0 Å². The highest BCUT2D eigenvalue weighted by Crippen LogP contribution is 2.15. The van der Waals surface area contributed by atoms with Crippen molar-refractivity contribution in [3.8, 4) is 0 Å². The van der Waals surface area contributed by atoms with Crippen molar-refractivity contribution < 1.29 is 0 Å². The largest absolute Gasteiger partial charge is 0.323 e. The van der Waals surface area contributed by atoms with Crippen molar-refractivity contribution in [1.82, 2.24) is 14.8 Å². The number of rotatable bonds is 6. The Morgan fingerprint density at radius 1 is 1.09 bits per heavy atom. The van der Waals surface area contributed by atoms with Crippen LogP contribution in [-0.2, 0) is 13.0 Å². The summed E-state index contributed by atoms with van der Waals surface area (Å²) in [6, 6.07) is 18.3. The van der Waals surface area contributed by atoms with E-state index in [9.17, 15) is 0 Å². The number of nitrogens with zero attached hydrogens (tertiary/aromatic N) is 3. The average Bonchev–Trinajstić information content (AvgIpc) is 2.98. The Hall–Kier alpha value is -2.88. The summed E-state index contributed by atoms with van der Waals surface area (Å²) in [4.78, 5) is 4.58. The predicted octanol–water partition coefficient (Wildman–Crippen LogP) is 4.28. The third kappa shape index (κ3) is 3.66. The molecule has 0 spiro atoms. The van der Waals surface area contributed by atoms with Gasteiger partial charge >= 0.3 is 0 Å². The van der Waals surface area contributed by atoms with Gasteiger partial charge < -0.3 is 5.32 Å². The molecule has 0 radical (unpaired) electrons. The van der Waals surface area contributed by atoms with Gasteiger partial charge in [-0.05, 0) is 23.3 Å². The molecule has 0 aliphatic rings. The number of aryl methyl sites for hydroxylation is 1. The second-order valence-corrected chi connectivity index (χ2v) is 5.30. The maximum absolute atomic E-state index is 4.59. The molecule has 0 amide bonds. The molecule has 3 rings (SSSR count). The standard InChI is InChI=1S/C19H20N4/c1-3-15-10-12-16(13-11-15)14-23-18(4-2)21-19(22-23)20-17-8-6-5-7-9-17/h3,5-13H,1,4,14H2,2H3,(H,20,22). The summed E-state index contributed by atoms with van der Waals surface area (Å²) < 4.78 is 1.95. The molecule has 0 atom stereocenters. The molecule has 4 heteroatoms. The van der Waals surface area contributed by atoms with E-state index in [1.165, 1.54) is 5.56 Å². The lowest BCUT2D eigenvalue weighted by Gasteiger charge is -2.05. The van der Waals surface area contributed by atoms with Crippen LogP contribution in [0.2, 0.25) is 0 Å². The van der Waals surface area contributed by atoms with Gasteiger partial charge in [0.05, 0.1) is 6.54 Å². The van der Waals surface area contributed by atoms with Crippen LogP contribution in [0.1, 0.15) is 23.9 Å². The molecule has 0 aliphatic carbocycles. The highest BCUT2D eigenvalue weighted by molar-refractivity contribution is 5.52. The quantitative estimate of drug-likeness (QED) is 0.739. The predicted molar refractivity (Wildman–Crippen MR) is 94.8 cm³/mol. The van der Waals surface area contributed by atoms with Crippen molar-refractivity contribution in [1.29, 1.82) is 0 Å². The maximum atomic E-state index is 4.59. The van der Waals surface area contributed by atoms with Gasteiger partial charge in [-0.25, -0.2) is 4.68 Å². The molecule has 0 unspecified atom stereocenters. The van der Waals surface area contributed by atoms with E-state index in [-0.39, 0.29) is 0 Å². The fraction of sp³-hybridized carbons (Fsp3) is 0.158. The number of benzene rings is 2. The van der Waals surface area contributed by atoms with Gasteiger partial charge in [-0.15, -0.1) is 5.10 Å². The number of anilines is 2. The fourth-order valence-electron chi connectivity index (χ4n) is 2.40. The fourth-order valence-corrected chi connectivity index (χ4v) is 2.40. The van der Waals surface area contributed by atoms with E-state index in [0.29, 0.717) is 12.5 Å². The first kappa shape index (κ1) is 15.0. The van der Waals surface area contributed by atoms with Gasteiger partial charge in [0.1, 0.15) is 5.82 Å². The van der Waals surface area contributed by atoms with Crippen LogP contribution in [0.5, 0.6) is 0 Å². The second kappa shape index (κ2) is 6.92. The molecule has 1 N–H and O–H groups in total. The van der Waals surface area contributed by atoms with Gasteiger partial charge in [-0.1, -0.05) is 62.0 Å². The summed E-state index contributed by atoms with van der Waals surface area (Å²) in [6.07, 6.45) is 2.69. The first-order valence-electron chi connectivity index (χ1n) is 7.75. The number of nitrogens with one attached hydrogen (secondary N) is 1. The van der Waals surface area contributed by atoms with E-state index in [0.717, 1.165) is 23.5 Å². The zero-order valence-electron chi connectivity index (χ0n) is 13.2. The highest BCUT2D eigenvalue weighted by atomic mass is 15.4. The van der Waals surface area contributed by atoms with Gasteiger partial charge in [0, 0.05) is 12.1 Å². The smallest absolute Gasteiger partial charge is 0.246 e. The Kier molecular flexibility index (Phi) is 4.52. The Morgan fingerprint density at radius 2 is 1.83 bits per heavy atom. The van der Waals surface area contributed by atoms with Crippen molar-refractivity contribution in [3.05, 3.63) is 78.1 Å². The summed E-state index contributed by atoms with van der Waals surface area (Å²) in [7, 11) is 0.